The Morgan fingerprint density at radius 2 is 1.62 bits per heavy atom. The maximum Gasteiger partial charge on any atom is 0.289 e. The first kappa shape index (κ1) is 26.2. The van der Waals surface area contributed by atoms with Crippen molar-refractivity contribution in [2.45, 2.75) is 33.9 Å². The molecule has 1 amide bonds. The van der Waals surface area contributed by atoms with E-state index in [1.54, 1.807) is 12.1 Å². The van der Waals surface area contributed by atoms with Crippen LogP contribution < -0.4 is 5.32 Å². The van der Waals surface area contributed by atoms with Crippen molar-refractivity contribution < 1.29 is 9.21 Å². The number of halogens is 1. The lowest BCUT2D eigenvalue weighted by molar-refractivity contribution is 0.0657. The largest absolute Gasteiger partial charge is 0.459 e. The first-order valence-corrected chi connectivity index (χ1v) is 11.3. The fourth-order valence-corrected chi connectivity index (χ4v) is 3.72. The van der Waals surface area contributed by atoms with Crippen LogP contribution in [0.25, 0.3) is 0 Å². The predicted octanol–water partition coefficient (Wildman–Crippen LogP) is 3.66. The second-order valence-electron chi connectivity index (χ2n) is 7.70. The second-order valence-corrected chi connectivity index (χ2v) is 7.70. The van der Waals surface area contributed by atoms with E-state index in [1.807, 2.05) is 4.90 Å². The average Bonchev–Trinajstić information content (AvgIpc) is 3.36. The van der Waals surface area contributed by atoms with E-state index in [9.17, 15) is 4.79 Å². The van der Waals surface area contributed by atoms with Gasteiger partial charge in [-0.1, -0.05) is 38.1 Å². The number of hydrogen-bond donors (Lipinski definition) is 1. The van der Waals surface area contributed by atoms with Crippen LogP contribution in [0.4, 0.5) is 0 Å². The first-order chi connectivity index (χ1) is 15.1. The maximum absolute atomic E-state index is 12.5. The molecule has 176 valence electrons. The lowest BCUT2D eigenvalue weighted by Crippen LogP contribution is -2.53. The molecule has 1 aliphatic rings. The van der Waals surface area contributed by atoms with E-state index in [0.717, 1.165) is 45.2 Å². The van der Waals surface area contributed by atoms with Crippen molar-refractivity contribution in [3.8, 4) is 0 Å². The SMILES string of the molecule is CCNC(=NCc1ccc(CN(CC)CC)cc1)N1CCN(C(=O)c2ccco2)CC1.I. The minimum absolute atomic E-state index is 0. The summed E-state index contributed by atoms with van der Waals surface area (Å²) < 4.78 is 5.25. The molecule has 2 heterocycles. The summed E-state index contributed by atoms with van der Waals surface area (Å²) in [7, 11) is 0. The van der Waals surface area contributed by atoms with Crippen molar-refractivity contribution in [3.63, 3.8) is 0 Å². The number of hydrogen-bond acceptors (Lipinski definition) is 4. The highest BCUT2D eigenvalue weighted by atomic mass is 127. The Bertz CT molecular complexity index is 827. The summed E-state index contributed by atoms with van der Waals surface area (Å²) in [4.78, 5) is 23.8. The van der Waals surface area contributed by atoms with E-state index < -0.39 is 0 Å². The summed E-state index contributed by atoms with van der Waals surface area (Å²) in [5, 5.41) is 3.39. The van der Waals surface area contributed by atoms with Crippen LogP contribution in [-0.2, 0) is 13.1 Å². The third kappa shape index (κ3) is 7.23. The average molecular weight is 553 g/mol. The first-order valence-electron chi connectivity index (χ1n) is 11.3. The van der Waals surface area contributed by atoms with Gasteiger partial charge in [0.15, 0.2) is 11.7 Å². The molecule has 8 heteroatoms. The fraction of sp³-hybridized carbons (Fsp3) is 0.500. The fourth-order valence-electron chi connectivity index (χ4n) is 3.72. The van der Waals surface area contributed by atoms with Crippen LogP contribution in [0, 0.1) is 0 Å². The Kier molecular flexibility index (Phi) is 11.0. The maximum atomic E-state index is 12.5. The Labute approximate surface area is 208 Å². The summed E-state index contributed by atoms with van der Waals surface area (Å²) in [5.41, 5.74) is 2.53. The number of carbonyl (C=O) groups excluding carboxylic acids is 1. The van der Waals surface area contributed by atoms with Gasteiger partial charge in [-0.2, -0.15) is 0 Å². The molecule has 0 radical (unpaired) electrons. The molecule has 3 rings (SSSR count). The summed E-state index contributed by atoms with van der Waals surface area (Å²) in [5.74, 6) is 1.26. The van der Waals surface area contributed by atoms with Crippen LogP contribution in [0.1, 0.15) is 42.5 Å². The molecular weight excluding hydrogens is 517 g/mol. The van der Waals surface area contributed by atoms with Crippen LogP contribution in [0.15, 0.2) is 52.1 Å². The minimum Gasteiger partial charge on any atom is -0.459 e. The van der Waals surface area contributed by atoms with Crippen molar-refractivity contribution in [2.24, 2.45) is 4.99 Å². The number of rotatable bonds is 8. The molecule has 2 aromatic rings. The van der Waals surface area contributed by atoms with Crippen LogP contribution in [0.3, 0.4) is 0 Å². The summed E-state index contributed by atoms with van der Waals surface area (Å²) in [6.07, 6.45) is 1.54. The zero-order chi connectivity index (χ0) is 22.1. The molecule has 1 saturated heterocycles. The van der Waals surface area contributed by atoms with Crippen molar-refractivity contribution in [3.05, 3.63) is 59.5 Å². The van der Waals surface area contributed by atoms with E-state index in [1.165, 1.54) is 17.4 Å². The number of aliphatic imine (C=N–C) groups is 1. The molecule has 1 aromatic carbocycles. The number of furan rings is 1. The van der Waals surface area contributed by atoms with Gasteiger partial charge >= 0.3 is 0 Å². The van der Waals surface area contributed by atoms with Gasteiger partial charge in [-0.3, -0.25) is 9.69 Å². The predicted molar refractivity (Wildman–Crippen MR) is 139 cm³/mol. The zero-order valence-electron chi connectivity index (χ0n) is 19.4. The van der Waals surface area contributed by atoms with Gasteiger partial charge in [-0.05, 0) is 43.3 Å². The molecule has 1 N–H and O–H groups in total. The van der Waals surface area contributed by atoms with Crippen LogP contribution in [0.2, 0.25) is 0 Å². The molecule has 1 aromatic heterocycles. The number of nitrogens with one attached hydrogen (secondary N) is 1. The van der Waals surface area contributed by atoms with Crippen molar-refractivity contribution in [2.75, 3.05) is 45.8 Å². The van der Waals surface area contributed by atoms with E-state index in [2.05, 4.69) is 60.2 Å². The van der Waals surface area contributed by atoms with E-state index in [0.29, 0.717) is 25.4 Å². The molecule has 32 heavy (non-hydrogen) atoms. The standard InChI is InChI=1S/C24H35N5O2.HI/c1-4-25-24(26-18-20-9-11-21(12-10-20)19-27(5-2)6-3)29-15-13-28(14-16-29)23(30)22-8-7-17-31-22;/h7-12,17H,4-6,13-16,18-19H2,1-3H3,(H,25,26);1H. The van der Waals surface area contributed by atoms with Crippen LogP contribution >= 0.6 is 24.0 Å². The zero-order valence-corrected chi connectivity index (χ0v) is 21.7. The third-order valence-corrected chi connectivity index (χ3v) is 5.67. The van der Waals surface area contributed by atoms with Gasteiger partial charge < -0.3 is 19.5 Å². The van der Waals surface area contributed by atoms with Crippen molar-refractivity contribution in [1.29, 1.82) is 0 Å². The normalized spacial score (nSPS) is 14.4. The highest BCUT2D eigenvalue weighted by Gasteiger charge is 2.25. The highest BCUT2D eigenvalue weighted by molar-refractivity contribution is 14.0. The molecule has 0 unspecified atom stereocenters. The second kappa shape index (κ2) is 13.5. The Balaban J connectivity index is 0.00000363. The monoisotopic (exact) mass is 553 g/mol. The quantitative estimate of drug-likeness (QED) is 0.307. The molecule has 0 atom stereocenters. The minimum atomic E-state index is -0.0450. The Morgan fingerprint density at radius 1 is 1.00 bits per heavy atom. The molecule has 1 fully saturated rings. The third-order valence-electron chi connectivity index (χ3n) is 5.67. The lowest BCUT2D eigenvalue weighted by Gasteiger charge is -2.36. The van der Waals surface area contributed by atoms with Crippen LogP contribution in [0.5, 0.6) is 0 Å². The van der Waals surface area contributed by atoms with E-state index in [-0.39, 0.29) is 29.9 Å². The Hall–Kier alpha value is -2.07. The summed E-state index contributed by atoms with van der Waals surface area (Å²) >= 11 is 0. The molecule has 0 bridgehead atoms. The summed E-state index contributed by atoms with van der Waals surface area (Å²) in [6, 6.07) is 12.2. The smallest absolute Gasteiger partial charge is 0.289 e. The molecule has 7 nitrogen and oxygen atoms in total. The van der Waals surface area contributed by atoms with Gasteiger partial charge in [0.05, 0.1) is 12.8 Å². The topological polar surface area (TPSA) is 64.3 Å². The Morgan fingerprint density at radius 3 is 2.19 bits per heavy atom. The van der Waals surface area contributed by atoms with Gasteiger partial charge in [0, 0.05) is 39.3 Å². The number of benzene rings is 1. The highest BCUT2D eigenvalue weighted by Crippen LogP contribution is 2.11. The van der Waals surface area contributed by atoms with Gasteiger partial charge in [0.25, 0.3) is 5.91 Å². The van der Waals surface area contributed by atoms with E-state index >= 15 is 0 Å². The summed E-state index contributed by atoms with van der Waals surface area (Å²) in [6.45, 7) is 13.9. The molecule has 0 saturated carbocycles. The van der Waals surface area contributed by atoms with Crippen LogP contribution in [-0.4, -0.2) is 72.4 Å². The molecule has 0 spiro atoms. The van der Waals surface area contributed by atoms with Gasteiger partial charge in [-0.25, -0.2) is 4.99 Å². The number of carbonyl (C=O) groups is 1. The number of nitrogens with zero attached hydrogens (tertiary/aromatic N) is 4. The number of amides is 1. The van der Waals surface area contributed by atoms with Gasteiger partial charge in [0.1, 0.15) is 0 Å². The van der Waals surface area contributed by atoms with Crippen molar-refractivity contribution in [1.82, 2.24) is 20.0 Å². The lowest BCUT2D eigenvalue weighted by atomic mass is 10.1. The van der Waals surface area contributed by atoms with Gasteiger partial charge in [-0.15, -0.1) is 24.0 Å². The molecule has 0 aliphatic carbocycles. The van der Waals surface area contributed by atoms with Crippen molar-refractivity contribution >= 4 is 35.8 Å². The number of guanidine groups is 1. The number of piperazine rings is 1. The van der Waals surface area contributed by atoms with E-state index in [4.69, 9.17) is 9.41 Å². The van der Waals surface area contributed by atoms with Gasteiger partial charge in [0.2, 0.25) is 0 Å². The molecule has 1 aliphatic heterocycles. The molecular formula is C24H36IN5O2.